The van der Waals surface area contributed by atoms with E-state index in [9.17, 15) is 9.18 Å². The van der Waals surface area contributed by atoms with Crippen molar-refractivity contribution in [2.75, 3.05) is 32.6 Å². The SMILES string of the molecule is COc1ccc(OC)c(NC(N)=NCCNC(=O)c2ccc(C)c(F)c2)c1.I. The molecule has 0 fully saturated rings. The van der Waals surface area contributed by atoms with Gasteiger partial charge < -0.3 is 25.8 Å². The Kier molecular flexibility index (Phi) is 9.49. The molecular formula is C19H24FIN4O3. The van der Waals surface area contributed by atoms with Crippen molar-refractivity contribution in [3.05, 3.63) is 53.3 Å². The minimum atomic E-state index is -0.415. The van der Waals surface area contributed by atoms with Gasteiger partial charge in [0.2, 0.25) is 0 Å². The van der Waals surface area contributed by atoms with Gasteiger partial charge in [-0.2, -0.15) is 0 Å². The molecule has 28 heavy (non-hydrogen) atoms. The van der Waals surface area contributed by atoms with Crippen molar-refractivity contribution in [3.8, 4) is 11.5 Å². The van der Waals surface area contributed by atoms with Crippen LogP contribution in [0.2, 0.25) is 0 Å². The summed E-state index contributed by atoms with van der Waals surface area (Å²) in [5, 5.41) is 5.60. The molecule has 9 heteroatoms. The van der Waals surface area contributed by atoms with E-state index in [1.54, 1.807) is 51.5 Å². The number of amides is 1. The van der Waals surface area contributed by atoms with E-state index < -0.39 is 5.82 Å². The van der Waals surface area contributed by atoms with E-state index in [2.05, 4.69) is 15.6 Å². The number of halogens is 2. The first-order valence-electron chi connectivity index (χ1n) is 8.28. The van der Waals surface area contributed by atoms with E-state index in [4.69, 9.17) is 15.2 Å². The molecule has 0 spiro atoms. The number of aliphatic imine (C=N–C) groups is 1. The van der Waals surface area contributed by atoms with Gasteiger partial charge in [-0.05, 0) is 36.8 Å². The molecule has 4 N–H and O–H groups in total. The molecular weight excluding hydrogens is 478 g/mol. The molecule has 0 radical (unpaired) electrons. The number of aryl methyl sites for hydroxylation is 1. The highest BCUT2D eigenvalue weighted by Gasteiger charge is 2.08. The van der Waals surface area contributed by atoms with Crippen molar-refractivity contribution in [1.29, 1.82) is 0 Å². The first kappa shape index (κ1) is 23.5. The predicted molar refractivity (Wildman–Crippen MR) is 119 cm³/mol. The lowest BCUT2D eigenvalue weighted by Crippen LogP contribution is -2.28. The number of carbonyl (C=O) groups excluding carboxylic acids is 1. The number of rotatable bonds is 7. The number of guanidine groups is 1. The predicted octanol–water partition coefficient (Wildman–Crippen LogP) is 2.93. The lowest BCUT2D eigenvalue weighted by atomic mass is 10.1. The Morgan fingerprint density at radius 3 is 2.57 bits per heavy atom. The number of methoxy groups -OCH3 is 2. The van der Waals surface area contributed by atoms with Crippen LogP contribution in [0.5, 0.6) is 11.5 Å². The van der Waals surface area contributed by atoms with Gasteiger partial charge in [-0.3, -0.25) is 9.79 Å². The molecule has 2 rings (SSSR count). The average Bonchev–Trinajstić information content (AvgIpc) is 2.67. The standard InChI is InChI=1S/C19H23FN4O3.HI/c1-12-4-5-13(10-15(12)20)18(25)22-8-9-23-19(21)24-16-11-14(26-2)6-7-17(16)27-3;/h4-7,10-11H,8-9H2,1-3H3,(H,22,25)(H3,21,23,24);1H. The molecule has 0 aliphatic carbocycles. The quantitative estimate of drug-likeness (QED) is 0.234. The van der Waals surface area contributed by atoms with E-state index in [0.29, 0.717) is 22.7 Å². The summed E-state index contributed by atoms with van der Waals surface area (Å²) < 4.78 is 23.9. The van der Waals surface area contributed by atoms with Crippen molar-refractivity contribution in [2.24, 2.45) is 10.7 Å². The van der Waals surface area contributed by atoms with E-state index in [1.807, 2.05) is 0 Å². The van der Waals surface area contributed by atoms with Gasteiger partial charge >= 0.3 is 0 Å². The minimum Gasteiger partial charge on any atom is -0.497 e. The van der Waals surface area contributed by atoms with Crippen molar-refractivity contribution >= 4 is 41.5 Å². The van der Waals surface area contributed by atoms with Crippen LogP contribution in [0.25, 0.3) is 0 Å². The number of carbonyl (C=O) groups is 1. The monoisotopic (exact) mass is 502 g/mol. The second kappa shape index (κ2) is 11.3. The molecule has 1 amide bonds. The summed E-state index contributed by atoms with van der Waals surface area (Å²) in [5.74, 6) is 0.607. The Balaban J connectivity index is 0.00000392. The van der Waals surface area contributed by atoms with Crippen LogP contribution >= 0.6 is 24.0 Å². The number of benzene rings is 2. The van der Waals surface area contributed by atoms with E-state index >= 15 is 0 Å². The largest absolute Gasteiger partial charge is 0.497 e. The number of anilines is 1. The third-order valence-corrected chi connectivity index (χ3v) is 3.78. The molecule has 7 nitrogen and oxygen atoms in total. The summed E-state index contributed by atoms with van der Waals surface area (Å²) in [5.41, 5.74) is 7.22. The maximum absolute atomic E-state index is 13.5. The highest BCUT2D eigenvalue weighted by molar-refractivity contribution is 14.0. The summed E-state index contributed by atoms with van der Waals surface area (Å²) in [4.78, 5) is 16.1. The Bertz CT molecular complexity index is 846. The lowest BCUT2D eigenvalue weighted by molar-refractivity contribution is 0.0954. The maximum atomic E-state index is 13.5. The zero-order valence-corrected chi connectivity index (χ0v) is 18.2. The molecule has 0 saturated carbocycles. The second-order valence-corrected chi connectivity index (χ2v) is 5.68. The van der Waals surface area contributed by atoms with Crippen LogP contribution in [0.1, 0.15) is 15.9 Å². The molecule has 0 bridgehead atoms. The molecule has 0 saturated heterocycles. The zero-order valence-electron chi connectivity index (χ0n) is 15.9. The summed E-state index contributed by atoms with van der Waals surface area (Å²) in [6, 6.07) is 9.58. The second-order valence-electron chi connectivity index (χ2n) is 5.68. The van der Waals surface area contributed by atoms with Gasteiger partial charge in [0, 0.05) is 18.2 Å². The van der Waals surface area contributed by atoms with Gasteiger partial charge in [-0.25, -0.2) is 4.39 Å². The first-order chi connectivity index (χ1) is 12.9. The zero-order chi connectivity index (χ0) is 19.8. The fourth-order valence-electron chi connectivity index (χ4n) is 2.27. The molecule has 0 atom stereocenters. The number of nitrogens with two attached hydrogens (primary N) is 1. The Morgan fingerprint density at radius 2 is 1.93 bits per heavy atom. The van der Waals surface area contributed by atoms with Crippen LogP contribution in [0.3, 0.4) is 0 Å². The fraction of sp³-hybridized carbons (Fsp3) is 0.263. The van der Waals surface area contributed by atoms with E-state index in [-0.39, 0.29) is 54.5 Å². The molecule has 152 valence electrons. The van der Waals surface area contributed by atoms with Gasteiger partial charge in [-0.15, -0.1) is 24.0 Å². The number of hydrogen-bond donors (Lipinski definition) is 3. The van der Waals surface area contributed by atoms with Gasteiger partial charge in [0.15, 0.2) is 5.96 Å². The van der Waals surface area contributed by atoms with E-state index in [0.717, 1.165) is 0 Å². The molecule has 2 aromatic rings. The topological polar surface area (TPSA) is 98.0 Å². The van der Waals surface area contributed by atoms with Crippen LogP contribution in [-0.4, -0.2) is 39.2 Å². The number of hydrogen-bond acceptors (Lipinski definition) is 4. The third kappa shape index (κ3) is 6.55. The molecule has 0 aliphatic rings. The smallest absolute Gasteiger partial charge is 0.251 e. The van der Waals surface area contributed by atoms with Crippen LogP contribution in [0, 0.1) is 12.7 Å². The van der Waals surface area contributed by atoms with Crippen molar-refractivity contribution in [3.63, 3.8) is 0 Å². The van der Waals surface area contributed by atoms with Gasteiger partial charge in [0.05, 0.1) is 26.5 Å². The number of nitrogens with one attached hydrogen (secondary N) is 2. The number of nitrogens with zero attached hydrogens (tertiary/aromatic N) is 1. The van der Waals surface area contributed by atoms with Crippen LogP contribution in [0.15, 0.2) is 41.4 Å². The average molecular weight is 502 g/mol. The Labute approximate surface area is 180 Å². The summed E-state index contributed by atoms with van der Waals surface area (Å²) in [6.07, 6.45) is 0. The summed E-state index contributed by atoms with van der Waals surface area (Å²) >= 11 is 0. The molecule has 0 aliphatic heterocycles. The Morgan fingerprint density at radius 1 is 1.18 bits per heavy atom. The molecule has 0 unspecified atom stereocenters. The van der Waals surface area contributed by atoms with Gasteiger partial charge in [0.1, 0.15) is 17.3 Å². The number of ether oxygens (including phenoxy) is 2. The van der Waals surface area contributed by atoms with Crippen LogP contribution in [0.4, 0.5) is 10.1 Å². The van der Waals surface area contributed by atoms with Crippen molar-refractivity contribution in [2.45, 2.75) is 6.92 Å². The van der Waals surface area contributed by atoms with Crippen molar-refractivity contribution in [1.82, 2.24) is 5.32 Å². The first-order valence-corrected chi connectivity index (χ1v) is 8.28. The molecule has 2 aromatic carbocycles. The maximum Gasteiger partial charge on any atom is 0.251 e. The highest BCUT2D eigenvalue weighted by atomic mass is 127. The van der Waals surface area contributed by atoms with E-state index in [1.165, 1.54) is 6.07 Å². The highest BCUT2D eigenvalue weighted by Crippen LogP contribution is 2.28. The normalized spacial score (nSPS) is 10.6. The summed E-state index contributed by atoms with van der Waals surface area (Å²) in [7, 11) is 3.11. The molecule has 0 heterocycles. The minimum absolute atomic E-state index is 0. The van der Waals surface area contributed by atoms with Gasteiger partial charge in [-0.1, -0.05) is 6.07 Å². The Hall–Kier alpha value is -2.56. The van der Waals surface area contributed by atoms with Crippen LogP contribution < -0.4 is 25.8 Å². The van der Waals surface area contributed by atoms with Crippen molar-refractivity contribution < 1.29 is 18.7 Å². The summed E-state index contributed by atoms with van der Waals surface area (Å²) in [6.45, 7) is 2.15. The fourth-order valence-corrected chi connectivity index (χ4v) is 2.27. The molecule has 0 aromatic heterocycles. The third-order valence-electron chi connectivity index (χ3n) is 3.78. The lowest BCUT2D eigenvalue weighted by Gasteiger charge is -2.12. The van der Waals surface area contributed by atoms with Crippen LogP contribution in [-0.2, 0) is 0 Å². The van der Waals surface area contributed by atoms with Gasteiger partial charge in [0.25, 0.3) is 5.91 Å².